The summed E-state index contributed by atoms with van der Waals surface area (Å²) in [5.41, 5.74) is 3.76. The van der Waals surface area contributed by atoms with Crippen LogP contribution < -0.4 is 0 Å². The first-order valence-electron chi connectivity index (χ1n) is 7.67. The average Bonchev–Trinajstić information content (AvgIpc) is 2.25. The molecule has 0 amide bonds. The van der Waals surface area contributed by atoms with Crippen molar-refractivity contribution in [2.24, 2.45) is 0 Å². The van der Waals surface area contributed by atoms with Crippen LogP contribution in [-0.2, 0) is 26.2 Å². The minimum Gasteiger partial charge on any atom is -0.699 e. The van der Waals surface area contributed by atoms with Crippen molar-refractivity contribution < 1.29 is 26.2 Å². The van der Waals surface area contributed by atoms with Crippen LogP contribution in [0.4, 0.5) is 5.69 Å². The quantitative estimate of drug-likeness (QED) is 0.443. The van der Waals surface area contributed by atoms with E-state index in [0.717, 1.165) is 5.69 Å². The zero-order chi connectivity index (χ0) is 15.5. The maximum atomic E-state index is 4.92. The van der Waals surface area contributed by atoms with Crippen LogP contribution in [0.25, 0.3) is 10.6 Å². The van der Waals surface area contributed by atoms with Gasteiger partial charge in [0.2, 0.25) is 0 Å². The van der Waals surface area contributed by atoms with Gasteiger partial charge in [-0.25, -0.2) is 6.17 Å². The molecule has 0 aliphatic carbocycles. The summed E-state index contributed by atoms with van der Waals surface area (Å²) in [6, 6.07) is 6.54. The molecule has 1 atom stereocenters. The fourth-order valence-corrected chi connectivity index (χ4v) is 2.44. The Morgan fingerprint density at radius 2 is 1.17 bits per heavy atom. The SMILES string of the molecule is CC([N-]c1c(C(C)C)cccc1C(C)C)[N-]C(C)(C)C.[CH3-].[CH3-].[CH3-].[Zr]. The zero-order valence-corrected chi connectivity index (χ0v) is 20.3. The molecule has 0 aliphatic heterocycles. The monoisotopic (exact) mass is 409 g/mol. The number of para-hydroxylation sites is 1. The first-order chi connectivity index (χ1) is 9.11. The number of hydrogen-bond acceptors (Lipinski definition) is 0. The van der Waals surface area contributed by atoms with Gasteiger partial charge >= 0.3 is 0 Å². The summed E-state index contributed by atoms with van der Waals surface area (Å²) < 4.78 is 0. The van der Waals surface area contributed by atoms with E-state index in [2.05, 4.69) is 73.6 Å². The minimum atomic E-state index is -0.0479. The van der Waals surface area contributed by atoms with Gasteiger partial charge in [0.25, 0.3) is 0 Å². The second-order valence-electron chi connectivity index (χ2n) is 7.16. The second-order valence-corrected chi connectivity index (χ2v) is 7.16. The van der Waals surface area contributed by atoms with Crippen molar-refractivity contribution in [3.05, 3.63) is 62.2 Å². The first-order valence-corrected chi connectivity index (χ1v) is 7.67. The summed E-state index contributed by atoms with van der Waals surface area (Å²) in [6.07, 6.45) is -0.00704. The number of nitrogens with zero attached hydrogens (tertiary/aromatic N) is 2. The smallest absolute Gasteiger partial charge is 0 e. The van der Waals surface area contributed by atoms with Gasteiger partial charge in [-0.1, -0.05) is 84.7 Å². The van der Waals surface area contributed by atoms with Crippen molar-refractivity contribution in [2.45, 2.75) is 78.9 Å². The Bertz CT molecular complexity index is 408. The summed E-state index contributed by atoms with van der Waals surface area (Å²) in [7, 11) is 0. The molecule has 1 unspecified atom stereocenters. The second kappa shape index (κ2) is 13.1. The molecule has 2 nitrogen and oxygen atoms in total. The van der Waals surface area contributed by atoms with E-state index in [1.807, 2.05) is 0 Å². The molecule has 142 valence electrons. The third kappa shape index (κ3) is 9.99. The number of benzene rings is 1. The Labute approximate surface area is 172 Å². The standard InChI is InChI=1S/C18H30N2.3CH3.Zr/c1-12(2)15-10-9-11-16(13(3)4)17(15)19-14(5)20-18(6,7)8;;;;/h9-14H,1-8H3;3*1H3;/q-2;3*-1;. The molecule has 0 saturated heterocycles. The molecule has 0 spiro atoms. The Morgan fingerprint density at radius 3 is 1.46 bits per heavy atom. The van der Waals surface area contributed by atoms with Gasteiger partial charge in [-0.3, -0.25) is 0 Å². The normalized spacial score (nSPS) is 11.6. The van der Waals surface area contributed by atoms with Gasteiger partial charge in [-0.05, 0) is 11.8 Å². The van der Waals surface area contributed by atoms with Crippen LogP contribution in [0.3, 0.4) is 0 Å². The summed E-state index contributed by atoms with van der Waals surface area (Å²) in [4.78, 5) is 0. The third-order valence-electron chi connectivity index (χ3n) is 3.23. The summed E-state index contributed by atoms with van der Waals surface area (Å²) >= 11 is 0. The van der Waals surface area contributed by atoms with Gasteiger partial charge in [0.1, 0.15) is 0 Å². The molecule has 0 bridgehead atoms. The predicted octanol–water partition coefficient (Wildman–Crippen LogP) is 7.81. The van der Waals surface area contributed by atoms with Gasteiger partial charge in [-0.2, -0.15) is 0 Å². The molecular weight excluding hydrogens is 371 g/mol. The molecule has 1 aromatic rings. The average molecular weight is 411 g/mol. The fourth-order valence-electron chi connectivity index (χ4n) is 2.44. The number of hydrogen-bond donors (Lipinski definition) is 0. The zero-order valence-electron chi connectivity index (χ0n) is 17.9. The van der Waals surface area contributed by atoms with Crippen LogP contribution in [-0.4, -0.2) is 11.7 Å². The van der Waals surface area contributed by atoms with E-state index in [1.165, 1.54) is 11.1 Å². The van der Waals surface area contributed by atoms with Crippen LogP contribution in [0.15, 0.2) is 18.2 Å². The Balaban J connectivity index is -0.000000500. The van der Waals surface area contributed by atoms with Crippen LogP contribution in [0.2, 0.25) is 0 Å². The molecule has 0 aliphatic rings. The minimum absolute atomic E-state index is 0. The number of rotatable bonds is 5. The topological polar surface area (TPSA) is 28.2 Å². The molecule has 24 heavy (non-hydrogen) atoms. The predicted molar refractivity (Wildman–Crippen MR) is 109 cm³/mol. The summed E-state index contributed by atoms with van der Waals surface area (Å²) in [5.74, 6) is 0.962. The van der Waals surface area contributed by atoms with Crippen LogP contribution in [0.5, 0.6) is 0 Å². The first kappa shape index (κ1) is 31.6. The van der Waals surface area contributed by atoms with Gasteiger partial charge < -0.3 is 32.9 Å². The maximum absolute atomic E-state index is 4.92. The van der Waals surface area contributed by atoms with E-state index in [0.29, 0.717) is 11.8 Å². The van der Waals surface area contributed by atoms with E-state index >= 15 is 0 Å². The van der Waals surface area contributed by atoms with Gasteiger partial charge in [0, 0.05) is 26.2 Å². The molecule has 1 rings (SSSR count). The molecule has 0 saturated carbocycles. The van der Waals surface area contributed by atoms with Crippen LogP contribution in [0.1, 0.15) is 78.4 Å². The van der Waals surface area contributed by atoms with Crippen molar-refractivity contribution in [3.8, 4) is 0 Å². The summed E-state index contributed by atoms with van der Waals surface area (Å²) in [6.45, 7) is 17.3. The third-order valence-corrected chi connectivity index (χ3v) is 3.23. The van der Waals surface area contributed by atoms with Crippen molar-refractivity contribution in [1.82, 2.24) is 0 Å². The Hall–Kier alpha value is -0.137. The van der Waals surface area contributed by atoms with E-state index in [-0.39, 0.29) is 60.2 Å². The van der Waals surface area contributed by atoms with Crippen LogP contribution in [0, 0.1) is 22.3 Å². The van der Waals surface area contributed by atoms with E-state index in [1.54, 1.807) is 0 Å². The fraction of sp³-hybridized carbons (Fsp3) is 0.571. The van der Waals surface area contributed by atoms with Crippen molar-refractivity contribution in [3.63, 3.8) is 0 Å². The largest absolute Gasteiger partial charge is 0.699 e. The Morgan fingerprint density at radius 1 is 0.792 bits per heavy atom. The van der Waals surface area contributed by atoms with Gasteiger partial charge in [0.15, 0.2) is 0 Å². The van der Waals surface area contributed by atoms with E-state index in [4.69, 9.17) is 10.6 Å². The molecule has 0 fully saturated rings. The maximum Gasteiger partial charge on any atom is 0 e. The Kier molecular flexibility index (Phi) is 17.3. The summed E-state index contributed by atoms with van der Waals surface area (Å²) in [5, 5.41) is 9.66. The molecule has 0 aromatic heterocycles. The van der Waals surface area contributed by atoms with Crippen molar-refractivity contribution in [2.75, 3.05) is 0 Å². The molecule has 3 heteroatoms. The molecule has 1 aromatic carbocycles. The van der Waals surface area contributed by atoms with E-state index < -0.39 is 0 Å². The van der Waals surface area contributed by atoms with E-state index in [9.17, 15) is 0 Å². The molecule has 0 heterocycles. The molecule has 0 radical (unpaired) electrons. The van der Waals surface area contributed by atoms with Gasteiger partial charge in [-0.15, -0.1) is 11.2 Å². The molecular formula is C21H39N2Zr-5. The molecule has 0 N–H and O–H groups in total. The van der Waals surface area contributed by atoms with Crippen LogP contribution >= 0.6 is 0 Å². The van der Waals surface area contributed by atoms with Crippen molar-refractivity contribution in [1.29, 1.82) is 0 Å². The van der Waals surface area contributed by atoms with Gasteiger partial charge in [0.05, 0.1) is 0 Å². The van der Waals surface area contributed by atoms with Crippen molar-refractivity contribution >= 4 is 5.69 Å².